The number of amides is 4. The molecule has 0 aliphatic carbocycles. The van der Waals surface area contributed by atoms with Crippen LogP contribution in [-0.2, 0) is 19.2 Å². The number of hydrogen-bond donors (Lipinski definition) is 1. The lowest BCUT2D eigenvalue weighted by Crippen LogP contribution is -2.54. The lowest BCUT2D eigenvalue weighted by molar-refractivity contribution is -0.149. The zero-order valence-corrected chi connectivity index (χ0v) is 15.7. The average molecular weight is 346 g/mol. The van der Waals surface area contributed by atoms with Gasteiger partial charge in [0.05, 0.1) is 5.57 Å². The van der Waals surface area contributed by atoms with Crippen LogP contribution in [0.5, 0.6) is 0 Å². The van der Waals surface area contributed by atoms with Crippen LogP contribution in [0.1, 0.15) is 33.6 Å². The summed E-state index contributed by atoms with van der Waals surface area (Å²) in [6.07, 6.45) is 4.65. The van der Waals surface area contributed by atoms with Gasteiger partial charge in [-0.25, -0.2) is 0 Å². The van der Waals surface area contributed by atoms with Crippen LogP contribution in [0.15, 0.2) is 36.0 Å². The van der Waals surface area contributed by atoms with E-state index < -0.39 is 29.7 Å². The second kappa shape index (κ2) is 10.7. The molecule has 2 heterocycles. The standard InChI is InChI=1S/C14H14N2O4.C2H6.CH3.Al/c1-3-5-9-8(4-2)13(19)16(14(9)20)10-6-7-11(17)15-12(10)18;1-2;;/h3-5,10H,1,6-7H2,2H3,(H,15,17,18);1-2H3;1H3;/b8-4+,9-5+;;;/t10-;;;/m1.../s1. The molecule has 0 saturated carbocycles. The summed E-state index contributed by atoms with van der Waals surface area (Å²) in [5.74, 6) is -0.130. The third kappa shape index (κ3) is 4.53. The fraction of sp³-hybridized carbons (Fsp3) is 0.412. The fourth-order valence-electron chi connectivity index (χ4n) is 2.35. The summed E-state index contributed by atoms with van der Waals surface area (Å²) in [6, 6.07) is -0.932. The quantitative estimate of drug-likeness (QED) is 0.466. The second-order valence-corrected chi connectivity index (χ2v) is 4.47. The molecule has 0 bridgehead atoms. The van der Waals surface area contributed by atoms with Crippen molar-refractivity contribution in [3.8, 4) is 0 Å². The summed E-state index contributed by atoms with van der Waals surface area (Å²) in [5, 5.41) is 2.14. The summed E-state index contributed by atoms with van der Waals surface area (Å²) in [4.78, 5) is 48.4. The highest BCUT2D eigenvalue weighted by molar-refractivity contribution is 6.26. The van der Waals surface area contributed by atoms with Crippen LogP contribution < -0.4 is 5.32 Å². The largest absolute Gasteiger partial charge is 0.295 e. The lowest BCUT2D eigenvalue weighted by Gasteiger charge is -2.27. The van der Waals surface area contributed by atoms with Gasteiger partial charge in [-0.3, -0.25) is 29.4 Å². The topological polar surface area (TPSA) is 83.6 Å². The molecule has 4 amide bonds. The van der Waals surface area contributed by atoms with Crippen molar-refractivity contribution in [1.29, 1.82) is 0 Å². The minimum atomic E-state index is -0.932. The molecule has 2 aliphatic rings. The Morgan fingerprint density at radius 3 is 2.12 bits per heavy atom. The third-order valence-electron chi connectivity index (χ3n) is 3.28. The number of imide groups is 2. The maximum absolute atomic E-state index is 12.3. The van der Waals surface area contributed by atoms with Crippen molar-refractivity contribution < 1.29 is 19.2 Å². The predicted octanol–water partition coefficient (Wildman–Crippen LogP) is 1.45. The Bertz CT molecular complexity index is 593. The van der Waals surface area contributed by atoms with Crippen LogP contribution in [0.2, 0.25) is 5.79 Å². The summed E-state index contributed by atoms with van der Waals surface area (Å²) >= 11 is 2.42. The molecular weight excluding hydrogens is 323 g/mol. The predicted molar refractivity (Wildman–Crippen MR) is 93.0 cm³/mol. The van der Waals surface area contributed by atoms with E-state index in [2.05, 4.69) is 28.2 Å². The maximum atomic E-state index is 12.3. The Morgan fingerprint density at radius 1 is 1.12 bits per heavy atom. The van der Waals surface area contributed by atoms with Crippen molar-refractivity contribution in [2.24, 2.45) is 0 Å². The average Bonchev–Trinajstić information content (AvgIpc) is 2.82. The Morgan fingerprint density at radius 2 is 1.67 bits per heavy atom. The van der Waals surface area contributed by atoms with Gasteiger partial charge < -0.3 is 0 Å². The first kappa shape index (κ1) is 22.0. The molecule has 0 aromatic heterocycles. The Hall–Kier alpha value is -1.97. The number of likely N-dealkylation sites (tertiary alicyclic amines) is 1. The van der Waals surface area contributed by atoms with Crippen molar-refractivity contribution in [2.45, 2.75) is 45.4 Å². The SMILES string of the molecule is C=C/C=C1/C(=O)N([C@@H]2CCC(=O)NC2=O)C(=O)/C1=C/C.CC.[CH3][Al]. The van der Waals surface area contributed by atoms with Crippen molar-refractivity contribution >= 4 is 39.9 Å². The molecule has 2 fully saturated rings. The first-order chi connectivity index (χ1) is 11.5. The number of nitrogens with one attached hydrogen (secondary N) is 1. The second-order valence-electron chi connectivity index (χ2n) is 4.47. The van der Waals surface area contributed by atoms with E-state index in [9.17, 15) is 19.2 Å². The molecule has 0 spiro atoms. The van der Waals surface area contributed by atoms with Gasteiger partial charge in [-0.2, -0.15) is 0 Å². The van der Waals surface area contributed by atoms with Crippen LogP contribution in [-0.4, -0.2) is 50.9 Å². The van der Waals surface area contributed by atoms with Crippen LogP contribution in [0.4, 0.5) is 0 Å². The first-order valence-electron chi connectivity index (χ1n) is 7.80. The molecule has 1 N–H and O–H groups in total. The highest BCUT2D eigenvalue weighted by atomic mass is 27.0. The number of rotatable bonds is 2. The van der Waals surface area contributed by atoms with Gasteiger partial charge in [0.1, 0.15) is 22.3 Å². The zero-order chi connectivity index (χ0) is 18.9. The highest BCUT2D eigenvalue weighted by Gasteiger charge is 2.45. The Balaban J connectivity index is 0.00000123. The van der Waals surface area contributed by atoms with Crippen LogP contribution >= 0.6 is 0 Å². The van der Waals surface area contributed by atoms with Gasteiger partial charge in [0.2, 0.25) is 11.8 Å². The van der Waals surface area contributed by atoms with E-state index in [4.69, 9.17) is 0 Å². The van der Waals surface area contributed by atoms with E-state index in [1.807, 2.05) is 19.6 Å². The van der Waals surface area contributed by atoms with E-state index in [0.717, 1.165) is 4.90 Å². The minimum Gasteiger partial charge on any atom is -0.295 e. The van der Waals surface area contributed by atoms with E-state index in [0.29, 0.717) is 0 Å². The smallest absolute Gasteiger partial charge is 0.262 e. The molecule has 1 atom stereocenters. The molecule has 7 heteroatoms. The number of carbonyl (C=O) groups is 4. The van der Waals surface area contributed by atoms with Gasteiger partial charge in [0.15, 0.2) is 0 Å². The fourth-order valence-corrected chi connectivity index (χ4v) is 2.35. The zero-order valence-electron chi connectivity index (χ0n) is 14.6. The monoisotopic (exact) mass is 346 g/mol. The van der Waals surface area contributed by atoms with Gasteiger partial charge in [0.25, 0.3) is 11.8 Å². The van der Waals surface area contributed by atoms with E-state index in [-0.39, 0.29) is 24.0 Å². The molecule has 0 unspecified atom stereocenters. The number of hydrogen-bond acceptors (Lipinski definition) is 4. The Labute approximate surface area is 151 Å². The van der Waals surface area contributed by atoms with Crippen molar-refractivity contribution in [3.63, 3.8) is 0 Å². The van der Waals surface area contributed by atoms with Crippen molar-refractivity contribution in [3.05, 3.63) is 36.0 Å². The summed E-state index contributed by atoms with van der Waals surface area (Å²) in [7, 11) is 0. The molecule has 128 valence electrons. The van der Waals surface area contributed by atoms with Gasteiger partial charge in [0, 0.05) is 12.0 Å². The highest BCUT2D eigenvalue weighted by Crippen LogP contribution is 2.29. The molecule has 6 nitrogen and oxygen atoms in total. The summed E-state index contributed by atoms with van der Waals surface area (Å²) in [6.45, 7) is 9.15. The molecule has 2 radical (unpaired) electrons. The number of piperidine rings is 1. The van der Waals surface area contributed by atoms with E-state index in [1.165, 1.54) is 18.2 Å². The molecule has 0 aromatic carbocycles. The maximum Gasteiger partial charge on any atom is 0.262 e. The van der Waals surface area contributed by atoms with Crippen LogP contribution in [0.3, 0.4) is 0 Å². The minimum absolute atomic E-state index is 0.110. The third-order valence-corrected chi connectivity index (χ3v) is 3.28. The summed E-state index contributed by atoms with van der Waals surface area (Å²) < 4.78 is 0. The van der Waals surface area contributed by atoms with Crippen molar-refractivity contribution in [2.75, 3.05) is 0 Å². The molecule has 2 rings (SSSR count). The number of allylic oxidation sites excluding steroid dienone is 3. The molecule has 24 heavy (non-hydrogen) atoms. The van der Waals surface area contributed by atoms with Gasteiger partial charge in [-0.15, -0.1) is 5.79 Å². The van der Waals surface area contributed by atoms with Gasteiger partial charge in [-0.05, 0) is 19.4 Å². The normalized spacial score (nSPS) is 23.3. The molecule has 2 aliphatic heterocycles. The van der Waals surface area contributed by atoms with Gasteiger partial charge >= 0.3 is 0 Å². The summed E-state index contributed by atoms with van der Waals surface area (Å²) in [5.41, 5.74) is 0.469. The van der Waals surface area contributed by atoms with Crippen LogP contribution in [0.25, 0.3) is 0 Å². The number of carbonyl (C=O) groups excluding carboxylic acids is 4. The van der Waals surface area contributed by atoms with E-state index in [1.54, 1.807) is 6.92 Å². The molecular formula is C17H23AlN2O4. The number of nitrogens with zero attached hydrogens (tertiary/aromatic N) is 1. The van der Waals surface area contributed by atoms with Gasteiger partial charge in [-0.1, -0.05) is 32.6 Å². The Kier molecular flexibility index (Phi) is 9.86. The lowest BCUT2D eigenvalue weighted by atomic mass is 10.0. The molecule has 2 saturated heterocycles. The van der Waals surface area contributed by atoms with Crippen LogP contribution in [0, 0.1) is 0 Å². The molecule has 0 aromatic rings. The van der Waals surface area contributed by atoms with Crippen molar-refractivity contribution in [1.82, 2.24) is 10.2 Å². The first-order valence-corrected chi connectivity index (χ1v) is 8.95. The van der Waals surface area contributed by atoms with E-state index >= 15 is 0 Å².